The number of carbonyl (C=O) groups excluding carboxylic acids is 1. The second-order valence-corrected chi connectivity index (χ2v) is 7.79. The molecule has 1 aromatic rings. The molecule has 1 fully saturated rings. The van der Waals surface area contributed by atoms with Crippen LogP contribution in [0.15, 0.2) is 24.3 Å². The molecule has 0 radical (unpaired) electrons. The van der Waals surface area contributed by atoms with Gasteiger partial charge >= 0.3 is 0 Å². The number of nitrogens with zero attached hydrogens (tertiary/aromatic N) is 1. The van der Waals surface area contributed by atoms with Crippen LogP contribution in [0, 0.1) is 6.92 Å². The number of hydrogen-bond donors (Lipinski definition) is 1. The molecule has 0 spiro atoms. The van der Waals surface area contributed by atoms with Gasteiger partial charge in [0.2, 0.25) is 15.9 Å². The van der Waals surface area contributed by atoms with E-state index in [0.29, 0.717) is 5.92 Å². The summed E-state index contributed by atoms with van der Waals surface area (Å²) in [6.45, 7) is 3.76. The number of likely N-dealkylation sites (tertiary alicyclic amines) is 1. The van der Waals surface area contributed by atoms with Crippen molar-refractivity contribution in [3.63, 3.8) is 0 Å². The van der Waals surface area contributed by atoms with Crippen molar-refractivity contribution in [3.05, 3.63) is 35.4 Å². The summed E-state index contributed by atoms with van der Waals surface area (Å²) in [5, 5.41) is 0. The summed E-state index contributed by atoms with van der Waals surface area (Å²) in [6.07, 6.45) is 3.40. The number of amides is 1. The SMILES string of the molecule is Cc1ccccc1[C@H]1CCCN(C(=O)CCNS(C)(=O)=O)C1. The van der Waals surface area contributed by atoms with Crippen LogP contribution in [0.4, 0.5) is 0 Å². The van der Waals surface area contributed by atoms with Crippen LogP contribution in [0.3, 0.4) is 0 Å². The van der Waals surface area contributed by atoms with Gasteiger partial charge in [0.15, 0.2) is 0 Å². The first-order valence-corrected chi connectivity index (χ1v) is 9.54. The van der Waals surface area contributed by atoms with Gasteiger partial charge in [-0.2, -0.15) is 0 Å². The van der Waals surface area contributed by atoms with Crippen molar-refractivity contribution in [1.82, 2.24) is 9.62 Å². The molecule has 1 saturated heterocycles. The molecule has 0 aromatic heterocycles. The smallest absolute Gasteiger partial charge is 0.223 e. The first kappa shape index (κ1) is 17.0. The number of hydrogen-bond acceptors (Lipinski definition) is 3. The van der Waals surface area contributed by atoms with Gasteiger partial charge in [0, 0.05) is 32.0 Å². The third-order valence-corrected chi connectivity index (χ3v) is 4.83. The maximum absolute atomic E-state index is 12.2. The highest BCUT2D eigenvalue weighted by atomic mass is 32.2. The highest BCUT2D eigenvalue weighted by Gasteiger charge is 2.25. The van der Waals surface area contributed by atoms with Crippen molar-refractivity contribution in [2.24, 2.45) is 0 Å². The molecule has 122 valence electrons. The zero-order chi connectivity index (χ0) is 16.2. The topological polar surface area (TPSA) is 66.5 Å². The van der Waals surface area contributed by atoms with Gasteiger partial charge in [0.05, 0.1) is 6.26 Å². The van der Waals surface area contributed by atoms with E-state index in [1.54, 1.807) is 0 Å². The van der Waals surface area contributed by atoms with E-state index in [9.17, 15) is 13.2 Å². The molecule has 1 amide bonds. The molecule has 6 heteroatoms. The third kappa shape index (κ3) is 4.81. The summed E-state index contributed by atoms with van der Waals surface area (Å²) in [5.74, 6) is 0.399. The molecule has 1 aliphatic rings. The van der Waals surface area contributed by atoms with Gasteiger partial charge in [-0.3, -0.25) is 4.79 Å². The minimum absolute atomic E-state index is 0.0226. The molecule has 5 nitrogen and oxygen atoms in total. The number of benzene rings is 1. The van der Waals surface area contributed by atoms with Gasteiger partial charge in [0.1, 0.15) is 0 Å². The van der Waals surface area contributed by atoms with Crippen LogP contribution in [-0.2, 0) is 14.8 Å². The van der Waals surface area contributed by atoms with Crippen LogP contribution >= 0.6 is 0 Å². The van der Waals surface area contributed by atoms with Gasteiger partial charge in [-0.1, -0.05) is 24.3 Å². The molecule has 0 bridgehead atoms. The first-order chi connectivity index (χ1) is 10.4. The van der Waals surface area contributed by atoms with Crippen LogP contribution in [0.1, 0.15) is 36.3 Å². The van der Waals surface area contributed by atoms with E-state index >= 15 is 0 Å². The molecular formula is C16H24N2O3S. The van der Waals surface area contributed by atoms with E-state index in [1.807, 2.05) is 17.0 Å². The number of rotatable bonds is 5. The first-order valence-electron chi connectivity index (χ1n) is 7.65. The molecule has 0 unspecified atom stereocenters. The molecule has 1 atom stereocenters. The summed E-state index contributed by atoms with van der Waals surface area (Å²) < 4.78 is 24.4. The summed E-state index contributed by atoms with van der Waals surface area (Å²) in [6, 6.07) is 8.31. The Morgan fingerprint density at radius 1 is 1.36 bits per heavy atom. The number of carbonyl (C=O) groups is 1. The molecular weight excluding hydrogens is 300 g/mol. The highest BCUT2D eigenvalue weighted by molar-refractivity contribution is 7.88. The van der Waals surface area contributed by atoms with Crippen molar-refractivity contribution in [2.75, 3.05) is 25.9 Å². The van der Waals surface area contributed by atoms with Gasteiger partial charge in [-0.25, -0.2) is 13.1 Å². The fraction of sp³-hybridized carbons (Fsp3) is 0.562. The predicted octanol–water partition coefficient (Wildman–Crippen LogP) is 1.64. The summed E-state index contributed by atoms with van der Waals surface area (Å²) in [7, 11) is -3.23. The average molecular weight is 324 g/mol. The average Bonchev–Trinajstić information content (AvgIpc) is 2.46. The van der Waals surface area contributed by atoms with Crippen molar-refractivity contribution in [1.29, 1.82) is 0 Å². The summed E-state index contributed by atoms with van der Waals surface area (Å²) in [4.78, 5) is 14.1. The Morgan fingerprint density at radius 3 is 2.77 bits per heavy atom. The van der Waals surface area contributed by atoms with E-state index in [1.165, 1.54) is 11.1 Å². The van der Waals surface area contributed by atoms with E-state index in [4.69, 9.17) is 0 Å². The highest BCUT2D eigenvalue weighted by Crippen LogP contribution is 2.29. The van der Waals surface area contributed by atoms with Gasteiger partial charge in [-0.15, -0.1) is 0 Å². The van der Waals surface area contributed by atoms with Crippen LogP contribution in [-0.4, -0.2) is 45.1 Å². The summed E-state index contributed by atoms with van der Waals surface area (Å²) in [5.41, 5.74) is 2.58. The molecule has 0 saturated carbocycles. The van der Waals surface area contributed by atoms with Crippen LogP contribution in [0.2, 0.25) is 0 Å². The third-order valence-electron chi connectivity index (χ3n) is 4.11. The normalized spacial score (nSPS) is 19.2. The minimum atomic E-state index is -3.23. The standard InChI is InChI=1S/C16H24N2O3S/c1-13-6-3-4-8-15(13)14-7-5-11-18(12-14)16(19)9-10-17-22(2,20)21/h3-4,6,8,14,17H,5,7,9-12H2,1-2H3/t14-/m0/s1. The Kier molecular flexibility index (Phi) is 5.58. The zero-order valence-corrected chi connectivity index (χ0v) is 14.0. The van der Waals surface area contributed by atoms with Crippen molar-refractivity contribution in [3.8, 4) is 0 Å². The van der Waals surface area contributed by atoms with E-state index in [2.05, 4.69) is 23.8 Å². The molecule has 1 heterocycles. The Morgan fingerprint density at radius 2 is 2.09 bits per heavy atom. The lowest BCUT2D eigenvalue weighted by molar-refractivity contribution is -0.132. The van der Waals surface area contributed by atoms with Gasteiger partial charge < -0.3 is 4.90 Å². The van der Waals surface area contributed by atoms with Crippen LogP contribution < -0.4 is 4.72 Å². The Labute approximate surface area is 132 Å². The minimum Gasteiger partial charge on any atom is -0.342 e. The second-order valence-electron chi connectivity index (χ2n) is 5.95. The Bertz CT molecular complexity index is 628. The lowest BCUT2D eigenvalue weighted by Gasteiger charge is -2.33. The van der Waals surface area contributed by atoms with E-state index in [0.717, 1.165) is 32.2 Å². The second kappa shape index (κ2) is 7.24. The van der Waals surface area contributed by atoms with Crippen LogP contribution in [0.5, 0.6) is 0 Å². The van der Waals surface area contributed by atoms with Crippen molar-refractivity contribution in [2.45, 2.75) is 32.1 Å². The Balaban J connectivity index is 1.93. The number of nitrogens with one attached hydrogen (secondary N) is 1. The molecule has 1 aliphatic heterocycles. The van der Waals surface area contributed by atoms with Crippen LogP contribution in [0.25, 0.3) is 0 Å². The lowest BCUT2D eigenvalue weighted by Crippen LogP contribution is -2.40. The summed E-state index contributed by atoms with van der Waals surface area (Å²) >= 11 is 0. The molecule has 1 aromatic carbocycles. The largest absolute Gasteiger partial charge is 0.342 e. The number of aryl methyl sites for hydroxylation is 1. The lowest BCUT2D eigenvalue weighted by atomic mass is 9.88. The van der Waals surface area contributed by atoms with Crippen molar-refractivity contribution < 1.29 is 13.2 Å². The number of sulfonamides is 1. The van der Waals surface area contributed by atoms with E-state index < -0.39 is 10.0 Å². The van der Waals surface area contributed by atoms with Crippen molar-refractivity contribution >= 4 is 15.9 Å². The quantitative estimate of drug-likeness (QED) is 0.895. The van der Waals surface area contributed by atoms with Gasteiger partial charge in [-0.05, 0) is 30.9 Å². The number of piperidine rings is 1. The maximum atomic E-state index is 12.2. The Hall–Kier alpha value is -1.40. The molecule has 22 heavy (non-hydrogen) atoms. The maximum Gasteiger partial charge on any atom is 0.223 e. The molecule has 1 N–H and O–H groups in total. The van der Waals surface area contributed by atoms with E-state index in [-0.39, 0.29) is 18.9 Å². The zero-order valence-electron chi connectivity index (χ0n) is 13.2. The molecule has 0 aliphatic carbocycles. The van der Waals surface area contributed by atoms with Gasteiger partial charge in [0.25, 0.3) is 0 Å². The fourth-order valence-corrected chi connectivity index (χ4v) is 3.48. The fourth-order valence-electron chi connectivity index (χ4n) is 3.00. The molecule has 2 rings (SSSR count). The monoisotopic (exact) mass is 324 g/mol. The predicted molar refractivity (Wildman–Crippen MR) is 87.2 cm³/mol.